The Labute approximate surface area is 86.8 Å². The summed E-state index contributed by atoms with van der Waals surface area (Å²) in [6.07, 6.45) is 2.69. The van der Waals surface area contributed by atoms with Gasteiger partial charge in [-0.05, 0) is 32.2 Å². The first-order valence-corrected chi connectivity index (χ1v) is 5.88. The van der Waals surface area contributed by atoms with E-state index in [9.17, 15) is 0 Å². The monoisotopic (exact) mass is 198 g/mol. The molecule has 2 unspecified atom stereocenters. The number of hydrogen-bond acceptors (Lipinski definition) is 3. The molecule has 14 heavy (non-hydrogen) atoms. The van der Waals surface area contributed by atoms with E-state index in [1.165, 1.54) is 25.9 Å². The van der Waals surface area contributed by atoms with Crippen LogP contribution in [0.5, 0.6) is 0 Å². The van der Waals surface area contributed by atoms with Gasteiger partial charge in [-0.2, -0.15) is 0 Å². The third kappa shape index (κ3) is 2.94. The molecule has 0 saturated carbocycles. The van der Waals surface area contributed by atoms with Gasteiger partial charge in [-0.3, -0.25) is 4.90 Å². The van der Waals surface area contributed by atoms with Crippen LogP contribution in [-0.4, -0.2) is 50.3 Å². The summed E-state index contributed by atoms with van der Waals surface area (Å²) in [7, 11) is 0. The molecule has 2 rings (SSSR count). The Kier molecular flexibility index (Phi) is 3.79. The molecule has 2 aliphatic rings. The van der Waals surface area contributed by atoms with Crippen LogP contribution in [0.25, 0.3) is 0 Å². The SMILES string of the molecule is CC1CC(CN2CCOCC2)CCN1. The quantitative estimate of drug-likeness (QED) is 0.707. The van der Waals surface area contributed by atoms with Crippen molar-refractivity contribution in [2.75, 3.05) is 39.4 Å². The van der Waals surface area contributed by atoms with Crippen LogP contribution in [0.15, 0.2) is 0 Å². The highest BCUT2D eigenvalue weighted by Crippen LogP contribution is 2.17. The number of nitrogens with one attached hydrogen (secondary N) is 1. The first kappa shape index (κ1) is 10.4. The van der Waals surface area contributed by atoms with Crippen molar-refractivity contribution in [3.8, 4) is 0 Å². The van der Waals surface area contributed by atoms with E-state index in [-0.39, 0.29) is 0 Å². The lowest BCUT2D eigenvalue weighted by atomic mass is 9.93. The summed E-state index contributed by atoms with van der Waals surface area (Å²) in [5.41, 5.74) is 0. The molecular weight excluding hydrogens is 176 g/mol. The van der Waals surface area contributed by atoms with E-state index >= 15 is 0 Å². The molecule has 0 bridgehead atoms. The molecule has 0 amide bonds. The highest BCUT2D eigenvalue weighted by Gasteiger charge is 2.21. The third-order valence-corrected chi connectivity index (χ3v) is 3.35. The topological polar surface area (TPSA) is 24.5 Å². The molecule has 0 aromatic heterocycles. The molecule has 2 saturated heterocycles. The van der Waals surface area contributed by atoms with Crippen molar-refractivity contribution in [3.05, 3.63) is 0 Å². The molecular formula is C11H22N2O. The van der Waals surface area contributed by atoms with E-state index in [0.29, 0.717) is 0 Å². The van der Waals surface area contributed by atoms with Gasteiger partial charge in [0.05, 0.1) is 13.2 Å². The Balaban J connectivity index is 1.72. The average molecular weight is 198 g/mol. The Morgan fingerprint density at radius 3 is 2.86 bits per heavy atom. The molecule has 2 aliphatic heterocycles. The average Bonchev–Trinajstić information content (AvgIpc) is 2.19. The minimum Gasteiger partial charge on any atom is -0.379 e. The molecule has 0 aromatic rings. The molecule has 0 aliphatic carbocycles. The molecule has 2 fully saturated rings. The van der Waals surface area contributed by atoms with Crippen molar-refractivity contribution in [3.63, 3.8) is 0 Å². The fourth-order valence-electron chi connectivity index (χ4n) is 2.55. The number of nitrogens with zero attached hydrogens (tertiary/aromatic N) is 1. The summed E-state index contributed by atoms with van der Waals surface area (Å²) in [5.74, 6) is 0.907. The lowest BCUT2D eigenvalue weighted by Gasteiger charge is -2.34. The summed E-state index contributed by atoms with van der Waals surface area (Å²) in [5, 5.41) is 3.51. The van der Waals surface area contributed by atoms with Crippen LogP contribution in [-0.2, 0) is 4.74 Å². The zero-order chi connectivity index (χ0) is 9.80. The van der Waals surface area contributed by atoms with Gasteiger partial charge in [-0.1, -0.05) is 0 Å². The van der Waals surface area contributed by atoms with Crippen LogP contribution in [0.4, 0.5) is 0 Å². The second-order valence-electron chi connectivity index (χ2n) is 4.66. The summed E-state index contributed by atoms with van der Waals surface area (Å²) in [6, 6.07) is 0.717. The minimum atomic E-state index is 0.717. The number of morpholine rings is 1. The third-order valence-electron chi connectivity index (χ3n) is 3.35. The zero-order valence-electron chi connectivity index (χ0n) is 9.17. The van der Waals surface area contributed by atoms with Gasteiger partial charge in [0.15, 0.2) is 0 Å². The molecule has 0 spiro atoms. The van der Waals surface area contributed by atoms with Gasteiger partial charge in [-0.15, -0.1) is 0 Å². The Bertz CT molecular complexity index is 169. The van der Waals surface area contributed by atoms with Crippen molar-refractivity contribution >= 4 is 0 Å². The summed E-state index contributed by atoms with van der Waals surface area (Å²) in [6.45, 7) is 8.93. The maximum absolute atomic E-state index is 5.36. The van der Waals surface area contributed by atoms with Crippen molar-refractivity contribution < 1.29 is 4.74 Å². The Hall–Kier alpha value is -0.120. The van der Waals surface area contributed by atoms with E-state index in [0.717, 1.165) is 38.3 Å². The van der Waals surface area contributed by atoms with Gasteiger partial charge in [-0.25, -0.2) is 0 Å². The van der Waals surface area contributed by atoms with Crippen molar-refractivity contribution in [2.24, 2.45) is 5.92 Å². The van der Waals surface area contributed by atoms with Crippen LogP contribution in [0, 0.1) is 5.92 Å². The number of ether oxygens (including phenoxy) is 1. The second kappa shape index (κ2) is 5.10. The Morgan fingerprint density at radius 1 is 1.36 bits per heavy atom. The van der Waals surface area contributed by atoms with Gasteiger partial charge < -0.3 is 10.1 Å². The maximum Gasteiger partial charge on any atom is 0.0594 e. The van der Waals surface area contributed by atoms with E-state index in [1.807, 2.05) is 0 Å². The molecule has 2 heterocycles. The smallest absolute Gasteiger partial charge is 0.0594 e. The largest absolute Gasteiger partial charge is 0.379 e. The van der Waals surface area contributed by atoms with Crippen LogP contribution >= 0.6 is 0 Å². The van der Waals surface area contributed by atoms with Crippen molar-refractivity contribution in [1.29, 1.82) is 0 Å². The zero-order valence-corrected chi connectivity index (χ0v) is 9.17. The van der Waals surface area contributed by atoms with E-state index in [4.69, 9.17) is 4.74 Å². The predicted octanol–water partition coefficient (Wildman–Crippen LogP) is 0.707. The Morgan fingerprint density at radius 2 is 2.14 bits per heavy atom. The summed E-state index contributed by atoms with van der Waals surface area (Å²) >= 11 is 0. The lowest BCUT2D eigenvalue weighted by molar-refractivity contribution is 0.0273. The second-order valence-corrected chi connectivity index (χ2v) is 4.66. The molecule has 3 nitrogen and oxygen atoms in total. The normalized spacial score (nSPS) is 35.8. The molecule has 0 radical (unpaired) electrons. The van der Waals surface area contributed by atoms with Crippen LogP contribution in [0.3, 0.4) is 0 Å². The highest BCUT2D eigenvalue weighted by atomic mass is 16.5. The first-order chi connectivity index (χ1) is 6.84. The number of hydrogen-bond donors (Lipinski definition) is 1. The van der Waals surface area contributed by atoms with E-state index in [2.05, 4.69) is 17.1 Å². The number of piperidine rings is 1. The standard InChI is InChI=1S/C11H22N2O/c1-10-8-11(2-3-12-10)9-13-4-6-14-7-5-13/h10-12H,2-9H2,1H3. The van der Waals surface area contributed by atoms with Crippen LogP contribution in [0.2, 0.25) is 0 Å². The van der Waals surface area contributed by atoms with Gasteiger partial charge >= 0.3 is 0 Å². The van der Waals surface area contributed by atoms with Gasteiger partial charge in [0.25, 0.3) is 0 Å². The highest BCUT2D eigenvalue weighted by molar-refractivity contribution is 4.78. The fourth-order valence-corrected chi connectivity index (χ4v) is 2.55. The fraction of sp³-hybridized carbons (Fsp3) is 1.00. The van der Waals surface area contributed by atoms with Gasteiger partial charge in [0.1, 0.15) is 0 Å². The number of rotatable bonds is 2. The van der Waals surface area contributed by atoms with Gasteiger partial charge in [0, 0.05) is 25.7 Å². The minimum absolute atomic E-state index is 0.717. The summed E-state index contributed by atoms with van der Waals surface area (Å²) in [4.78, 5) is 2.56. The van der Waals surface area contributed by atoms with Crippen LogP contribution in [0.1, 0.15) is 19.8 Å². The van der Waals surface area contributed by atoms with E-state index < -0.39 is 0 Å². The maximum atomic E-state index is 5.36. The van der Waals surface area contributed by atoms with Crippen molar-refractivity contribution in [2.45, 2.75) is 25.8 Å². The van der Waals surface area contributed by atoms with Crippen LogP contribution < -0.4 is 5.32 Å². The predicted molar refractivity (Wildman–Crippen MR) is 57.4 cm³/mol. The lowest BCUT2D eigenvalue weighted by Crippen LogP contribution is -2.44. The summed E-state index contributed by atoms with van der Waals surface area (Å²) < 4.78 is 5.36. The van der Waals surface area contributed by atoms with Gasteiger partial charge in [0.2, 0.25) is 0 Å². The molecule has 2 atom stereocenters. The molecule has 82 valence electrons. The first-order valence-electron chi connectivity index (χ1n) is 5.88. The molecule has 3 heteroatoms. The molecule has 0 aromatic carbocycles. The van der Waals surface area contributed by atoms with E-state index in [1.54, 1.807) is 0 Å². The van der Waals surface area contributed by atoms with Crippen molar-refractivity contribution in [1.82, 2.24) is 10.2 Å². The molecule has 1 N–H and O–H groups in total.